The predicted molar refractivity (Wildman–Crippen MR) is 46.6 cm³/mol. The highest BCUT2D eigenvalue weighted by Crippen LogP contribution is 2.13. The Kier molecular flexibility index (Phi) is 3.22. The molecule has 0 atom stereocenters. The second-order valence-corrected chi connectivity index (χ2v) is 3.64. The Balaban J connectivity index is 2.47. The highest BCUT2D eigenvalue weighted by Gasteiger charge is 2.32. The van der Waals surface area contributed by atoms with Gasteiger partial charge in [-0.1, -0.05) is 13.8 Å². The summed E-state index contributed by atoms with van der Waals surface area (Å²) in [4.78, 5) is 37.8. The predicted octanol–water partition coefficient (Wildman–Crippen LogP) is 0.640. The maximum Gasteiger partial charge on any atom is 0.333 e. The second kappa shape index (κ2) is 4.21. The summed E-state index contributed by atoms with van der Waals surface area (Å²) in [6, 6.07) is 0. The lowest BCUT2D eigenvalue weighted by atomic mass is 10.1. The molecule has 0 aromatic rings. The van der Waals surface area contributed by atoms with Gasteiger partial charge in [-0.05, 0) is 5.92 Å². The van der Waals surface area contributed by atoms with E-state index in [1.165, 1.54) is 0 Å². The number of hydrogen-bond acceptors (Lipinski definition) is 4. The number of hydrogen-bond donors (Lipinski definition) is 0. The van der Waals surface area contributed by atoms with Crippen molar-refractivity contribution in [2.24, 2.45) is 5.92 Å². The van der Waals surface area contributed by atoms with Crippen LogP contribution in [-0.4, -0.2) is 22.8 Å². The molecule has 1 aliphatic heterocycles. The van der Waals surface area contributed by atoms with Crippen molar-refractivity contribution in [3.05, 3.63) is 0 Å². The van der Waals surface area contributed by atoms with Crippen molar-refractivity contribution in [1.82, 2.24) is 5.06 Å². The number of rotatable bonds is 3. The minimum absolute atomic E-state index is 0.133. The first-order valence-electron chi connectivity index (χ1n) is 4.57. The lowest BCUT2D eigenvalue weighted by Crippen LogP contribution is -2.32. The molecule has 5 heteroatoms. The minimum Gasteiger partial charge on any atom is -0.330 e. The van der Waals surface area contributed by atoms with E-state index in [0.717, 1.165) is 0 Å². The first-order valence-corrected chi connectivity index (χ1v) is 4.57. The topological polar surface area (TPSA) is 63.7 Å². The minimum atomic E-state index is -0.538. The van der Waals surface area contributed by atoms with Gasteiger partial charge in [0, 0.05) is 12.8 Å². The Hall–Kier alpha value is -1.39. The summed E-state index contributed by atoms with van der Waals surface area (Å²) in [5.74, 6) is -1.27. The Morgan fingerprint density at radius 2 is 1.86 bits per heavy atom. The van der Waals surface area contributed by atoms with Crippen molar-refractivity contribution in [2.45, 2.75) is 33.1 Å². The molecule has 78 valence electrons. The molecule has 0 saturated carbocycles. The molecule has 1 fully saturated rings. The summed E-state index contributed by atoms with van der Waals surface area (Å²) in [6.07, 6.45) is 0.471. The summed E-state index contributed by atoms with van der Waals surface area (Å²) < 4.78 is 0. The highest BCUT2D eigenvalue weighted by atomic mass is 16.7. The number of imide groups is 1. The zero-order valence-electron chi connectivity index (χ0n) is 8.28. The largest absolute Gasteiger partial charge is 0.333 e. The zero-order chi connectivity index (χ0) is 10.7. The standard InChI is InChI=1S/C9H13NO4/c1-6(2)5-9(13)14-10-7(11)3-4-8(10)12/h6H,3-5H2,1-2H3. The van der Waals surface area contributed by atoms with Crippen LogP contribution in [0.3, 0.4) is 0 Å². The number of amides is 2. The van der Waals surface area contributed by atoms with E-state index in [1.807, 2.05) is 13.8 Å². The Morgan fingerprint density at radius 1 is 1.36 bits per heavy atom. The van der Waals surface area contributed by atoms with Crippen LogP contribution < -0.4 is 0 Å². The molecule has 2 amide bonds. The van der Waals surface area contributed by atoms with Crippen molar-refractivity contribution in [3.63, 3.8) is 0 Å². The van der Waals surface area contributed by atoms with Crippen molar-refractivity contribution in [1.29, 1.82) is 0 Å². The van der Waals surface area contributed by atoms with Gasteiger partial charge in [0.05, 0.1) is 6.42 Å². The highest BCUT2D eigenvalue weighted by molar-refractivity contribution is 6.01. The van der Waals surface area contributed by atoms with E-state index in [0.29, 0.717) is 5.06 Å². The molecule has 1 rings (SSSR count). The van der Waals surface area contributed by atoms with Crippen LogP contribution in [0.15, 0.2) is 0 Å². The Morgan fingerprint density at radius 3 is 2.29 bits per heavy atom. The molecule has 14 heavy (non-hydrogen) atoms. The van der Waals surface area contributed by atoms with Crippen LogP contribution in [0, 0.1) is 5.92 Å². The van der Waals surface area contributed by atoms with Gasteiger partial charge in [-0.25, -0.2) is 4.79 Å². The fraction of sp³-hybridized carbons (Fsp3) is 0.667. The molecule has 0 aromatic carbocycles. The van der Waals surface area contributed by atoms with Crippen LogP contribution >= 0.6 is 0 Å². The van der Waals surface area contributed by atoms with Crippen molar-refractivity contribution < 1.29 is 19.2 Å². The van der Waals surface area contributed by atoms with Gasteiger partial charge >= 0.3 is 5.97 Å². The van der Waals surface area contributed by atoms with E-state index < -0.39 is 17.8 Å². The SMILES string of the molecule is CC(C)CC(=O)ON1C(=O)CCC1=O. The smallest absolute Gasteiger partial charge is 0.330 e. The zero-order valence-corrected chi connectivity index (χ0v) is 8.28. The van der Waals surface area contributed by atoms with Crippen LogP contribution in [-0.2, 0) is 19.2 Å². The average Bonchev–Trinajstić information content (AvgIpc) is 2.34. The molecule has 0 N–H and O–H groups in total. The molecule has 0 spiro atoms. The fourth-order valence-electron chi connectivity index (χ4n) is 1.13. The van der Waals surface area contributed by atoms with Crippen molar-refractivity contribution in [2.75, 3.05) is 0 Å². The van der Waals surface area contributed by atoms with Crippen molar-refractivity contribution >= 4 is 17.8 Å². The first-order chi connectivity index (χ1) is 6.50. The van der Waals surface area contributed by atoms with Crippen LogP contribution in [0.5, 0.6) is 0 Å². The number of carbonyl (C=O) groups excluding carboxylic acids is 3. The quantitative estimate of drug-likeness (QED) is 0.626. The average molecular weight is 199 g/mol. The lowest BCUT2D eigenvalue weighted by molar-refractivity contribution is -0.198. The van der Waals surface area contributed by atoms with Gasteiger partial charge < -0.3 is 4.84 Å². The van der Waals surface area contributed by atoms with Crippen LogP contribution in [0.25, 0.3) is 0 Å². The molecular weight excluding hydrogens is 186 g/mol. The molecule has 0 unspecified atom stereocenters. The molecule has 0 radical (unpaired) electrons. The molecule has 0 bridgehead atoms. The molecule has 0 aromatic heterocycles. The molecule has 1 aliphatic rings. The second-order valence-electron chi connectivity index (χ2n) is 3.64. The van der Waals surface area contributed by atoms with Crippen LogP contribution in [0.2, 0.25) is 0 Å². The van der Waals surface area contributed by atoms with E-state index >= 15 is 0 Å². The van der Waals surface area contributed by atoms with Gasteiger partial charge in [0.15, 0.2) is 0 Å². The van der Waals surface area contributed by atoms with E-state index in [1.54, 1.807) is 0 Å². The van der Waals surface area contributed by atoms with Gasteiger partial charge in [-0.3, -0.25) is 9.59 Å². The number of carbonyl (C=O) groups is 3. The molecule has 1 saturated heterocycles. The van der Waals surface area contributed by atoms with Crippen LogP contribution in [0.4, 0.5) is 0 Å². The Bertz CT molecular complexity index is 256. The third-order valence-electron chi connectivity index (χ3n) is 1.77. The normalized spacial score (nSPS) is 16.6. The van der Waals surface area contributed by atoms with E-state index in [9.17, 15) is 14.4 Å². The molecule has 1 heterocycles. The van der Waals surface area contributed by atoms with Crippen LogP contribution in [0.1, 0.15) is 33.1 Å². The van der Waals surface area contributed by atoms with Gasteiger partial charge in [-0.15, -0.1) is 5.06 Å². The maximum atomic E-state index is 11.1. The first kappa shape index (κ1) is 10.7. The summed E-state index contributed by atoms with van der Waals surface area (Å²) in [5.41, 5.74) is 0. The maximum absolute atomic E-state index is 11.1. The third-order valence-corrected chi connectivity index (χ3v) is 1.77. The summed E-state index contributed by atoms with van der Waals surface area (Å²) in [7, 11) is 0. The van der Waals surface area contributed by atoms with Gasteiger partial charge in [0.25, 0.3) is 11.8 Å². The summed E-state index contributed by atoms with van der Waals surface area (Å²) >= 11 is 0. The molecule has 5 nitrogen and oxygen atoms in total. The third kappa shape index (κ3) is 2.55. The monoisotopic (exact) mass is 199 g/mol. The summed E-state index contributed by atoms with van der Waals surface area (Å²) in [5, 5.41) is 0.574. The molecular formula is C9H13NO4. The van der Waals surface area contributed by atoms with E-state index in [2.05, 4.69) is 4.84 Å². The van der Waals surface area contributed by atoms with E-state index in [-0.39, 0.29) is 25.2 Å². The van der Waals surface area contributed by atoms with Gasteiger partial charge in [0.1, 0.15) is 0 Å². The molecule has 0 aliphatic carbocycles. The van der Waals surface area contributed by atoms with E-state index in [4.69, 9.17) is 0 Å². The lowest BCUT2D eigenvalue weighted by Gasteiger charge is -2.13. The fourth-order valence-corrected chi connectivity index (χ4v) is 1.13. The van der Waals surface area contributed by atoms with Crippen molar-refractivity contribution in [3.8, 4) is 0 Å². The van der Waals surface area contributed by atoms with Gasteiger partial charge in [0.2, 0.25) is 0 Å². The number of hydroxylamine groups is 2. The van der Waals surface area contributed by atoms with Gasteiger partial charge in [-0.2, -0.15) is 0 Å². The number of nitrogens with zero attached hydrogens (tertiary/aromatic N) is 1. The Labute approximate surface area is 82.0 Å². The summed E-state index contributed by atoms with van der Waals surface area (Å²) in [6.45, 7) is 3.71.